The first-order valence-corrected chi connectivity index (χ1v) is 6.34. The van der Waals surface area contributed by atoms with Crippen LogP contribution in [0.4, 0.5) is 5.69 Å². The van der Waals surface area contributed by atoms with E-state index < -0.39 is 0 Å². The van der Waals surface area contributed by atoms with E-state index in [1.807, 2.05) is 12.1 Å². The lowest BCUT2D eigenvalue weighted by atomic mass is 10.1. The second kappa shape index (κ2) is 3.93. The lowest BCUT2D eigenvalue weighted by Gasteiger charge is -2.43. The molecule has 1 unspecified atom stereocenters. The van der Waals surface area contributed by atoms with Gasteiger partial charge in [0, 0.05) is 6.54 Å². The van der Waals surface area contributed by atoms with E-state index in [1.165, 1.54) is 5.69 Å². The van der Waals surface area contributed by atoms with Crippen LogP contribution >= 0.6 is 0 Å². The summed E-state index contributed by atoms with van der Waals surface area (Å²) in [6.45, 7) is 6.84. The minimum absolute atomic E-state index is 0.0586. The molecule has 0 bridgehead atoms. The molecule has 3 heteroatoms. The van der Waals surface area contributed by atoms with E-state index >= 15 is 0 Å². The molecule has 0 aliphatic carbocycles. The summed E-state index contributed by atoms with van der Waals surface area (Å²) in [5, 5.41) is 0. The smallest absolute Gasteiger partial charge is 0.142 e. The average Bonchev–Trinajstić information content (AvgIpc) is 2.62. The quantitative estimate of drug-likeness (QED) is 0.700. The largest absolute Gasteiger partial charge is 0.489 e. The van der Waals surface area contributed by atoms with E-state index in [0.717, 1.165) is 18.9 Å². The van der Waals surface area contributed by atoms with Crippen molar-refractivity contribution in [2.45, 2.75) is 25.6 Å². The molecule has 0 radical (unpaired) electrons. The van der Waals surface area contributed by atoms with E-state index in [4.69, 9.17) is 11.2 Å². The number of nitrogens with zero attached hydrogens (tertiary/aromatic N) is 2. The molecule has 2 aliphatic rings. The van der Waals surface area contributed by atoms with Crippen molar-refractivity contribution in [3.8, 4) is 18.1 Å². The Morgan fingerprint density at radius 2 is 2.22 bits per heavy atom. The number of fused-ring (bicyclic) bond motifs is 3. The van der Waals surface area contributed by atoms with Crippen molar-refractivity contribution >= 4 is 5.69 Å². The molecule has 2 heterocycles. The summed E-state index contributed by atoms with van der Waals surface area (Å²) in [5.74, 6) is 3.73. The monoisotopic (exact) mass is 242 g/mol. The minimum Gasteiger partial charge on any atom is -0.489 e. The van der Waals surface area contributed by atoms with Crippen molar-refractivity contribution < 1.29 is 4.74 Å². The van der Waals surface area contributed by atoms with E-state index in [2.05, 4.69) is 41.7 Å². The van der Waals surface area contributed by atoms with Crippen LogP contribution in [-0.2, 0) is 0 Å². The molecule has 3 rings (SSSR count). The minimum atomic E-state index is -0.0586. The zero-order valence-corrected chi connectivity index (χ0v) is 10.9. The Labute approximate surface area is 108 Å². The maximum absolute atomic E-state index is 5.84. The molecule has 0 N–H and O–H groups in total. The molecule has 1 aromatic carbocycles. The van der Waals surface area contributed by atoms with Crippen molar-refractivity contribution in [3.05, 3.63) is 24.3 Å². The van der Waals surface area contributed by atoms with E-state index in [1.54, 1.807) is 0 Å². The van der Waals surface area contributed by atoms with E-state index in [-0.39, 0.29) is 5.66 Å². The van der Waals surface area contributed by atoms with Gasteiger partial charge in [0.25, 0.3) is 0 Å². The summed E-state index contributed by atoms with van der Waals surface area (Å²) in [4.78, 5) is 4.78. The maximum atomic E-state index is 5.84. The van der Waals surface area contributed by atoms with Gasteiger partial charge in [0.2, 0.25) is 0 Å². The maximum Gasteiger partial charge on any atom is 0.142 e. The zero-order chi connectivity index (χ0) is 12.8. The molecule has 1 aromatic rings. The number of rotatable bonds is 1. The predicted octanol–water partition coefficient (Wildman–Crippen LogP) is 1.94. The fraction of sp³-hybridized carbons (Fsp3) is 0.467. The van der Waals surface area contributed by atoms with Gasteiger partial charge in [-0.25, -0.2) is 0 Å². The normalized spacial score (nSPS) is 24.9. The van der Waals surface area contributed by atoms with Gasteiger partial charge in [0.05, 0.1) is 23.9 Å². The second-order valence-corrected chi connectivity index (χ2v) is 5.38. The Bertz CT molecular complexity index is 503. The van der Waals surface area contributed by atoms with Gasteiger partial charge >= 0.3 is 0 Å². The molecule has 2 aliphatic heterocycles. The number of hydrogen-bond acceptors (Lipinski definition) is 3. The van der Waals surface area contributed by atoms with Gasteiger partial charge in [0.15, 0.2) is 0 Å². The third-order valence-electron chi connectivity index (χ3n) is 4.00. The van der Waals surface area contributed by atoms with Gasteiger partial charge < -0.3 is 9.64 Å². The van der Waals surface area contributed by atoms with E-state index in [0.29, 0.717) is 12.6 Å². The molecule has 1 atom stereocenters. The summed E-state index contributed by atoms with van der Waals surface area (Å²) in [6.07, 6.45) is 5.47. The highest BCUT2D eigenvalue weighted by Crippen LogP contribution is 2.42. The van der Waals surface area contributed by atoms with Gasteiger partial charge in [-0.3, -0.25) is 4.90 Å². The Kier molecular flexibility index (Phi) is 2.49. The number of ether oxygens (including phenoxy) is 1. The standard InChI is InChI=1S/C15H18N2O/c1-4-9-16-10-12-11-18-14-8-6-5-7-13(14)17(12)15(16,2)3/h1,5-8,12H,9-11H2,2-3H3. The van der Waals surface area contributed by atoms with Crippen molar-refractivity contribution in [2.24, 2.45) is 0 Å². The number of hydrogen-bond donors (Lipinski definition) is 0. The van der Waals surface area contributed by atoms with Crippen LogP contribution in [0, 0.1) is 12.3 Å². The Morgan fingerprint density at radius 1 is 1.44 bits per heavy atom. The van der Waals surface area contributed by atoms with Crippen molar-refractivity contribution in [1.82, 2.24) is 4.90 Å². The number of para-hydroxylation sites is 2. The predicted molar refractivity (Wildman–Crippen MR) is 72.7 cm³/mol. The number of anilines is 1. The third kappa shape index (κ3) is 1.49. The first-order chi connectivity index (χ1) is 8.64. The lowest BCUT2D eigenvalue weighted by Crippen LogP contribution is -2.52. The molecule has 1 saturated heterocycles. The SMILES string of the molecule is C#CCN1CC2COc3ccccc3N2C1(C)C. The number of benzene rings is 1. The zero-order valence-electron chi connectivity index (χ0n) is 10.9. The topological polar surface area (TPSA) is 15.7 Å². The Hall–Kier alpha value is -1.66. The summed E-state index contributed by atoms with van der Waals surface area (Å²) < 4.78 is 5.84. The van der Waals surface area contributed by atoms with E-state index in [9.17, 15) is 0 Å². The van der Waals surface area contributed by atoms with Gasteiger partial charge in [-0.1, -0.05) is 18.1 Å². The van der Waals surface area contributed by atoms with Crippen LogP contribution in [0.2, 0.25) is 0 Å². The summed E-state index contributed by atoms with van der Waals surface area (Å²) in [6, 6.07) is 8.63. The van der Waals surface area contributed by atoms with Gasteiger partial charge in [-0.15, -0.1) is 6.42 Å². The van der Waals surface area contributed by atoms with Gasteiger partial charge in [-0.05, 0) is 26.0 Å². The van der Waals surface area contributed by atoms with Crippen LogP contribution in [-0.4, -0.2) is 36.3 Å². The first-order valence-electron chi connectivity index (χ1n) is 6.34. The number of terminal acetylenes is 1. The van der Waals surface area contributed by atoms with Crippen molar-refractivity contribution in [3.63, 3.8) is 0 Å². The molecule has 18 heavy (non-hydrogen) atoms. The van der Waals surface area contributed by atoms with Crippen LogP contribution in [0.1, 0.15) is 13.8 Å². The average molecular weight is 242 g/mol. The molecule has 0 saturated carbocycles. The fourth-order valence-electron chi connectivity index (χ4n) is 3.11. The highest BCUT2D eigenvalue weighted by atomic mass is 16.5. The fourth-order valence-corrected chi connectivity index (χ4v) is 3.11. The third-order valence-corrected chi connectivity index (χ3v) is 4.00. The molecular formula is C15H18N2O. The van der Waals surface area contributed by atoms with Crippen LogP contribution in [0.25, 0.3) is 0 Å². The summed E-state index contributed by atoms with van der Waals surface area (Å²) >= 11 is 0. The van der Waals surface area contributed by atoms with Crippen LogP contribution in [0.5, 0.6) is 5.75 Å². The summed E-state index contributed by atoms with van der Waals surface area (Å²) in [5.41, 5.74) is 1.12. The summed E-state index contributed by atoms with van der Waals surface area (Å²) in [7, 11) is 0. The first kappa shape index (κ1) is 11.4. The van der Waals surface area contributed by atoms with Crippen LogP contribution < -0.4 is 9.64 Å². The Morgan fingerprint density at radius 3 is 3.00 bits per heavy atom. The Balaban J connectivity index is 2.02. The molecule has 0 aromatic heterocycles. The van der Waals surface area contributed by atoms with Gasteiger partial charge in [0.1, 0.15) is 12.4 Å². The van der Waals surface area contributed by atoms with Crippen LogP contribution in [0.3, 0.4) is 0 Å². The second-order valence-electron chi connectivity index (χ2n) is 5.38. The molecule has 0 spiro atoms. The molecule has 1 fully saturated rings. The van der Waals surface area contributed by atoms with Gasteiger partial charge in [-0.2, -0.15) is 0 Å². The molecular weight excluding hydrogens is 224 g/mol. The molecule has 0 amide bonds. The molecule has 3 nitrogen and oxygen atoms in total. The van der Waals surface area contributed by atoms with Crippen molar-refractivity contribution in [1.29, 1.82) is 0 Å². The lowest BCUT2D eigenvalue weighted by molar-refractivity contribution is 0.199. The van der Waals surface area contributed by atoms with Crippen molar-refractivity contribution in [2.75, 3.05) is 24.6 Å². The molecule has 94 valence electrons. The highest BCUT2D eigenvalue weighted by Gasteiger charge is 2.47. The van der Waals surface area contributed by atoms with Crippen LogP contribution in [0.15, 0.2) is 24.3 Å². The highest BCUT2D eigenvalue weighted by molar-refractivity contribution is 5.63.